The summed E-state index contributed by atoms with van der Waals surface area (Å²) in [5.74, 6) is -0.657. The van der Waals surface area contributed by atoms with Crippen LogP contribution in [0.15, 0.2) is 43.0 Å². The largest absolute Gasteiger partial charge is 0.427 e. The monoisotopic (exact) mass is 294 g/mol. The molecule has 0 atom stereocenters. The number of fused-ring (bicyclic) bond motifs is 1. The summed E-state index contributed by atoms with van der Waals surface area (Å²) in [6.45, 7) is 3.67. The highest BCUT2D eigenvalue weighted by Gasteiger charge is 2.28. The predicted molar refractivity (Wildman–Crippen MR) is 75.0 cm³/mol. The molecule has 0 saturated heterocycles. The quantitative estimate of drug-likeness (QED) is 0.602. The van der Waals surface area contributed by atoms with E-state index < -0.39 is 25.0 Å². The van der Waals surface area contributed by atoms with Crippen molar-refractivity contribution in [3.8, 4) is 5.75 Å². The Morgan fingerprint density at radius 1 is 1.14 bits per heavy atom. The van der Waals surface area contributed by atoms with Crippen molar-refractivity contribution in [2.24, 2.45) is 0 Å². The normalized spacial score (nSPS) is 11.4. The van der Waals surface area contributed by atoms with Gasteiger partial charge in [0.15, 0.2) is 0 Å². The Balaban J connectivity index is 2.09. The van der Waals surface area contributed by atoms with Gasteiger partial charge in [0.25, 0.3) is 0 Å². The van der Waals surface area contributed by atoms with Crippen molar-refractivity contribution in [1.82, 2.24) is 0 Å². The fourth-order valence-electron chi connectivity index (χ4n) is 1.86. The zero-order valence-electron chi connectivity index (χ0n) is 11.1. The Kier molecular flexibility index (Phi) is 4.31. The molecular formula is C16H13F3O2. The average molecular weight is 294 g/mol. The van der Waals surface area contributed by atoms with Crippen molar-refractivity contribution < 1.29 is 22.7 Å². The molecule has 21 heavy (non-hydrogen) atoms. The van der Waals surface area contributed by atoms with Crippen LogP contribution in [0.5, 0.6) is 5.75 Å². The van der Waals surface area contributed by atoms with Gasteiger partial charge in [-0.2, -0.15) is 13.2 Å². The first-order chi connectivity index (χ1) is 9.87. The van der Waals surface area contributed by atoms with Gasteiger partial charge in [-0.05, 0) is 34.5 Å². The van der Waals surface area contributed by atoms with Gasteiger partial charge in [0, 0.05) is 0 Å². The highest BCUT2D eigenvalue weighted by molar-refractivity contribution is 5.86. The van der Waals surface area contributed by atoms with Gasteiger partial charge in [-0.3, -0.25) is 4.79 Å². The van der Waals surface area contributed by atoms with E-state index in [9.17, 15) is 18.0 Å². The Labute approximate surface area is 119 Å². The summed E-state index contributed by atoms with van der Waals surface area (Å²) in [5, 5.41) is 1.77. The smallest absolute Gasteiger partial charge is 0.389 e. The summed E-state index contributed by atoms with van der Waals surface area (Å²) >= 11 is 0. The maximum atomic E-state index is 12.0. The minimum atomic E-state index is -4.36. The van der Waals surface area contributed by atoms with E-state index >= 15 is 0 Å². The summed E-state index contributed by atoms with van der Waals surface area (Å²) in [7, 11) is 0. The number of rotatable bonds is 4. The highest BCUT2D eigenvalue weighted by atomic mass is 19.4. The second kappa shape index (κ2) is 5.99. The van der Waals surface area contributed by atoms with Crippen LogP contribution in [0.3, 0.4) is 0 Å². The Morgan fingerprint density at radius 2 is 1.81 bits per heavy atom. The Hall–Kier alpha value is -2.30. The molecule has 0 unspecified atom stereocenters. The third kappa shape index (κ3) is 4.34. The second-order valence-corrected chi connectivity index (χ2v) is 4.56. The van der Waals surface area contributed by atoms with Crippen LogP contribution in [-0.2, 0) is 4.79 Å². The fraction of sp³-hybridized carbons (Fsp3) is 0.188. The Bertz CT molecular complexity index is 675. The van der Waals surface area contributed by atoms with E-state index in [4.69, 9.17) is 4.74 Å². The van der Waals surface area contributed by atoms with Crippen molar-refractivity contribution in [3.05, 3.63) is 48.5 Å². The van der Waals surface area contributed by atoms with Crippen LogP contribution in [0.25, 0.3) is 16.8 Å². The molecule has 0 aliphatic carbocycles. The number of hydrogen-bond acceptors (Lipinski definition) is 2. The van der Waals surface area contributed by atoms with Crippen LogP contribution < -0.4 is 4.74 Å². The van der Waals surface area contributed by atoms with E-state index in [-0.39, 0.29) is 5.75 Å². The first-order valence-electron chi connectivity index (χ1n) is 6.31. The van der Waals surface area contributed by atoms with Gasteiger partial charge in [-0.25, -0.2) is 0 Å². The fourth-order valence-corrected chi connectivity index (χ4v) is 1.86. The molecular weight excluding hydrogens is 281 g/mol. The third-order valence-electron chi connectivity index (χ3n) is 2.92. The van der Waals surface area contributed by atoms with Crippen molar-refractivity contribution in [2.45, 2.75) is 19.0 Å². The second-order valence-electron chi connectivity index (χ2n) is 4.56. The van der Waals surface area contributed by atoms with Crippen LogP contribution in [0.4, 0.5) is 13.2 Å². The lowest BCUT2D eigenvalue weighted by molar-refractivity contribution is -0.151. The zero-order valence-corrected chi connectivity index (χ0v) is 11.1. The molecule has 2 aromatic rings. The number of hydrogen-bond donors (Lipinski definition) is 0. The van der Waals surface area contributed by atoms with E-state index in [0.717, 1.165) is 16.3 Å². The van der Waals surface area contributed by atoms with Crippen molar-refractivity contribution in [2.75, 3.05) is 0 Å². The van der Waals surface area contributed by atoms with Crippen molar-refractivity contribution in [1.29, 1.82) is 0 Å². The molecule has 2 rings (SSSR count). The molecule has 0 fully saturated rings. The maximum absolute atomic E-state index is 12.0. The van der Waals surface area contributed by atoms with E-state index in [2.05, 4.69) is 6.58 Å². The van der Waals surface area contributed by atoms with Gasteiger partial charge in [-0.15, -0.1) is 0 Å². The standard InChI is InChI=1S/C16H13F3O2/c1-2-11-3-4-13-10-14(6-5-12(13)9-11)21-15(20)7-8-16(17,18)19/h2-6,9-10H,1,7-8H2. The van der Waals surface area contributed by atoms with E-state index in [1.165, 1.54) is 0 Å². The molecule has 0 amide bonds. The molecule has 0 saturated carbocycles. The number of carbonyl (C=O) groups is 1. The van der Waals surface area contributed by atoms with Gasteiger partial charge >= 0.3 is 12.1 Å². The number of halogens is 3. The molecule has 0 bridgehead atoms. The van der Waals surface area contributed by atoms with Crippen molar-refractivity contribution in [3.63, 3.8) is 0 Å². The first kappa shape index (κ1) is 15.1. The number of ether oxygens (including phenoxy) is 1. The van der Waals surface area contributed by atoms with Crippen LogP contribution in [0.2, 0.25) is 0 Å². The maximum Gasteiger partial charge on any atom is 0.389 e. The number of esters is 1. The molecule has 0 radical (unpaired) electrons. The lowest BCUT2D eigenvalue weighted by Crippen LogP contribution is -2.14. The van der Waals surface area contributed by atoms with Crippen LogP contribution in [0.1, 0.15) is 18.4 Å². The zero-order chi connectivity index (χ0) is 15.5. The lowest BCUT2D eigenvalue weighted by atomic mass is 10.1. The minimum Gasteiger partial charge on any atom is -0.427 e. The minimum absolute atomic E-state index is 0.237. The van der Waals surface area contributed by atoms with Crippen LogP contribution >= 0.6 is 0 Å². The topological polar surface area (TPSA) is 26.3 Å². The lowest BCUT2D eigenvalue weighted by Gasteiger charge is -2.08. The predicted octanol–water partition coefficient (Wildman–Crippen LogP) is 4.73. The highest BCUT2D eigenvalue weighted by Crippen LogP contribution is 2.24. The van der Waals surface area contributed by atoms with E-state index in [1.807, 2.05) is 18.2 Å². The van der Waals surface area contributed by atoms with Crippen molar-refractivity contribution >= 4 is 22.8 Å². The van der Waals surface area contributed by atoms with Crippen LogP contribution in [-0.4, -0.2) is 12.1 Å². The molecule has 0 aliphatic rings. The molecule has 2 aromatic carbocycles. The molecule has 0 aliphatic heterocycles. The van der Waals surface area contributed by atoms with Crippen LogP contribution in [0, 0.1) is 0 Å². The summed E-state index contributed by atoms with van der Waals surface area (Å²) in [5.41, 5.74) is 0.956. The van der Waals surface area contributed by atoms with Gasteiger partial charge in [0.2, 0.25) is 0 Å². The summed E-state index contributed by atoms with van der Waals surface area (Å²) in [6.07, 6.45) is -4.51. The SMILES string of the molecule is C=Cc1ccc2cc(OC(=O)CCC(F)(F)F)ccc2c1. The molecule has 5 heteroatoms. The molecule has 2 nitrogen and oxygen atoms in total. The first-order valence-corrected chi connectivity index (χ1v) is 6.31. The molecule has 110 valence electrons. The molecule has 0 heterocycles. The van der Waals surface area contributed by atoms with E-state index in [0.29, 0.717) is 0 Å². The third-order valence-corrected chi connectivity index (χ3v) is 2.92. The summed E-state index contributed by atoms with van der Waals surface area (Å²) in [6, 6.07) is 10.5. The Morgan fingerprint density at radius 3 is 2.48 bits per heavy atom. The van der Waals surface area contributed by atoms with Gasteiger partial charge in [0.05, 0.1) is 12.8 Å². The van der Waals surface area contributed by atoms with Gasteiger partial charge < -0.3 is 4.74 Å². The number of alkyl halides is 3. The summed E-state index contributed by atoms with van der Waals surface area (Å²) in [4.78, 5) is 11.4. The number of carbonyl (C=O) groups excluding carboxylic acids is 1. The molecule has 0 aromatic heterocycles. The number of benzene rings is 2. The average Bonchev–Trinajstić information content (AvgIpc) is 2.44. The molecule has 0 spiro atoms. The molecule has 0 N–H and O–H groups in total. The van der Waals surface area contributed by atoms with E-state index in [1.54, 1.807) is 24.3 Å². The van der Waals surface area contributed by atoms with Gasteiger partial charge in [0.1, 0.15) is 5.75 Å². The van der Waals surface area contributed by atoms with Gasteiger partial charge in [-0.1, -0.05) is 30.9 Å². The summed E-state index contributed by atoms with van der Waals surface area (Å²) < 4.78 is 41.0.